The second-order valence-electron chi connectivity index (χ2n) is 8.02. The standard InChI is InChI=1S/C19H27N7O3/c1-23-6-8-25(9-7-23)17-15-12-22-26(18(15)21-14-20-17)13-16(27)24-4-2-19(3-5-24)28-10-11-29-19/h12,14H,2-11,13H2,1H3. The van der Waals surface area contributed by atoms with E-state index in [0.29, 0.717) is 44.8 Å². The number of aromatic nitrogens is 4. The van der Waals surface area contributed by atoms with Gasteiger partial charge < -0.3 is 24.2 Å². The third kappa shape index (κ3) is 3.56. The normalized spacial score (nSPS) is 22.7. The molecule has 0 aromatic carbocycles. The van der Waals surface area contributed by atoms with Crippen LogP contribution in [0.15, 0.2) is 12.5 Å². The number of ether oxygens (including phenoxy) is 2. The van der Waals surface area contributed by atoms with E-state index in [0.717, 1.165) is 37.4 Å². The molecule has 10 heteroatoms. The van der Waals surface area contributed by atoms with E-state index in [9.17, 15) is 4.79 Å². The summed E-state index contributed by atoms with van der Waals surface area (Å²) in [6.45, 7) is 6.59. The number of piperazine rings is 1. The van der Waals surface area contributed by atoms with Gasteiger partial charge in [0, 0.05) is 52.1 Å². The zero-order valence-corrected chi connectivity index (χ0v) is 16.8. The van der Waals surface area contributed by atoms with Crippen molar-refractivity contribution in [3.05, 3.63) is 12.5 Å². The number of hydrogen-bond donors (Lipinski definition) is 0. The van der Waals surface area contributed by atoms with E-state index < -0.39 is 5.79 Å². The molecule has 3 aliphatic rings. The van der Waals surface area contributed by atoms with E-state index >= 15 is 0 Å². The van der Waals surface area contributed by atoms with E-state index in [1.807, 2.05) is 4.90 Å². The van der Waals surface area contributed by atoms with Gasteiger partial charge in [0.2, 0.25) is 5.91 Å². The van der Waals surface area contributed by atoms with Crippen molar-refractivity contribution in [3.63, 3.8) is 0 Å². The molecule has 3 fully saturated rings. The van der Waals surface area contributed by atoms with Crippen LogP contribution in [0.5, 0.6) is 0 Å². The third-order valence-electron chi connectivity index (χ3n) is 6.19. The van der Waals surface area contributed by atoms with Gasteiger partial charge in [-0.25, -0.2) is 14.6 Å². The first kappa shape index (κ1) is 18.7. The molecule has 1 amide bonds. The zero-order chi connectivity index (χ0) is 19.8. The van der Waals surface area contributed by atoms with Gasteiger partial charge >= 0.3 is 0 Å². The van der Waals surface area contributed by atoms with Crippen LogP contribution in [0.3, 0.4) is 0 Å². The van der Waals surface area contributed by atoms with Gasteiger partial charge in [0.15, 0.2) is 11.4 Å². The highest BCUT2D eigenvalue weighted by Gasteiger charge is 2.40. The van der Waals surface area contributed by atoms with Gasteiger partial charge in [0.25, 0.3) is 0 Å². The third-order valence-corrected chi connectivity index (χ3v) is 6.19. The van der Waals surface area contributed by atoms with Gasteiger partial charge in [0.05, 0.1) is 24.8 Å². The lowest BCUT2D eigenvalue weighted by Crippen LogP contribution is -2.48. The smallest absolute Gasteiger partial charge is 0.244 e. The molecular formula is C19H27N7O3. The van der Waals surface area contributed by atoms with Crippen molar-refractivity contribution < 1.29 is 14.3 Å². The first-order valence-corrected chi connectivity index (χ1v) is 10.3. The van der Waals surface area contributed by atoms with Crippen LogP contribution in [0.1, 0.15) is 12.8 Å². The van der Waals surface area contributed by atoms with Crippen molar-refractivity contribution >= 4 is 22.8 Å². The lowest BCUT2D eigenvalue weighted by molar-refractivity contribution is -0.187. The lowest BCUT2D eigenvalue weighted by Gasteiger charge is -2.37. The highest BCUT2D eigenvalue weighted by atomic mass is 16.7. The Morgan fingerprint density at radius 2 is 1.79 bits per heavy atom. The van der Waals surface area contributed by atoms with Crippen LogP contribution in [-0.2, 0) is 20.8 Å². The van der Waals surface area contributed by atoms with Crippen LogP contribution in [0, 0.1) is 0 Å². The predicted octanol–water partition coefficient (Wildman–Crippen LogP) is -0.0564. The molecule has 2 aromatic heterocycles. The summed E-state index contributed by atoms with van der Waals surface area (Å²) in [5.74, 6) is 0.472. The van der Waals surface area contributed by atoms with Crippen LogP contribution < -0.4 is 4.90 Å². The molecule has 1 spiro atoms. The molecule has 0 atom stereocenters. The highest BCUT2D eigenvalue weighted by Crippen LogP contribution is 2.31. The van der Waals surface area contributed by atoms with Crippen molar-refractivity contribution in [3.8, 4) is 0 Å². The number of nitrogens with zero attached hydrogens (tertiary/aromatic N) is 7. The van der Waals surface area contributed by atoms with E-state index in [4.69, 9.17) is 9.47 Å². The average molecular weight is 401 g/mol. The van der Waals surface area contributed by atoms with Gasteiger partial charge in [-0.15, -0.1) is 0 Å². The van der Waals surface area contributed by atoms with Gasteiger partial charge in [0.1, 0.15) is 18.7 Å². The summed E-state index contributed by atoms with van der Waals surface area (Å²) >= 11 is 0. The topological polar surface area (TPSA) is 88.9 Å². The maximum atomic E-state index is 12.9. The van der Waals surface area contributed by atoms with Crippen molar-refractivity contribution in [1.82, 2.24) is 29.5 Å². The fourth-order valence-corrected chi connectivity index (χ4v) is 4.38. The SMILES string of the molecule is CN1CCN(c2ncnc3c2cnn3CC(=O)N2CCC3(CC2)OCCO3)CC1. The van der Waals surface area contributed by atoms with Crippen LogP contribution >= 0.6 is 0 Å². The fraction of sp³-hybridized carbons (Fsp3) is 0.684. The molecule has 5 heterocycles. The number of likely N-dealkylation sites (N-methyl/N-ethyl adjacent to an activating group) is 1. The van der Waals surface area contributed by atoms with Crippen molar-refractivity contribution in [1.29, 1.82) is 0 Å². The summed E-state index contributed by atoms with van der Waals surface area (Å²) in [7, 11) is 2.13. The highest BCUT2D eigenvalue weighted by molar-refractivity contribution is 5.88. The molecule has 0 aliphatic carbocycles. The largest absolute Gasteiger partial charge is 0.353 e. The summed E-state index contributed by atoms with van der Waals surface area (Å²) in [6.07, 6.45) is 4.78. The monoisotopic (exact) mass is 401 g/mol. The Balaban J connectivity index is 1.28. The molecule has 3 saturated heterocycles. The van der Waals surface area contributed by atoms with Crippen LogP contribution in [0.25, 0.3) is 11.0 Å². The number of carbonyl (C=O) groups is 1. The molecule has 29 heavy (non-hydrogen) atoms. The Morgan fingerprint density at radius 3 is 2.52 bits per heavy atom. The van der Waals surface area contributed by atoms with E-state index in [1.165, 1.54) is 0 Å². The van der Waals surface area contributed by atoms with Crippen LogP contribution in [0.4, 0.5) is 5.82 Å². The molecule has 0 radical (unpaired) electrons. The summed E-state index contributed by atoms with van der Waals surface area (Å²) in [5.41, 5.74) is 0.707. The minimum absolute atomic E-state index is 0.0441. The fourth-order valence-electron chi connectivity index (χ4n) is 4.38. The lowest BCUT2D eigenvalue weighted by atomic mass is 10.0. The molecule has 2 aromatic rings. The average Bonchev–Trinajstić information content (AvgIpc) is 3.37. The first-order valence-electron chi connectivity index (χ1n) is 10.3. The molecule has 10 nitrogen and oxygen atoms in total. The Morgan fingerprint density at radius 1 is 1.07 bits per heavy atom. The maximum absolute atomic E-state index is 12.9. The van der Waals surface area contributed by atoms with Gasteiger partial charge in [-0.1, -0.05) is 0 Å². The minimum atomic E-state index is -0.472. The van der Waals surface area contributed by atoms with Gasteiger partial charge in [-0.05, 0) is 7.05 Å². The molecule has 0 unspecified atom stereocenters. The number of piperidine rings is 1. The van der Waals surface area contributed by atoms with Crippen LogP contribution in [0.2, 0.25) is 0 Å². The Labute approximate surface area is 169 Å². The van der Waals surface area contributed by atoms with Gasteiger partial charge in [-0.3, -0.25) is 4.79 Å². The Hall–Kier alpha value is -2.30. The molecule has 0 bridgehead atoms. The van der Waals surface area contributed by atoms with Crippen molar-refractivity contribution in [2.75, 3.05) is 64.4 Å². The Kier molecular flexibility index (Phi) is 4.84. The quantitative estimate of drug-likeness (QED) is 0.707. The number of hydrogen-bond acceptors (Lipinski definition) is 8. The minimum Gasteiger partial charge on any atom is -0.353 e. The Bertz CT molecular complexity index is 877. The van der Waals surface area contributed by atoms with Gasteiger partial charge in [-0.2, -0.15) is 5.10 Å². The molecule has 3 aliphatic heterocycles. The maximum Gasteiger partial charge on any atom is 0.244 e. The van der Waals surface area contributed by atoms with Crippen molar-refractivity contribution in [2.45, 2.75) is 25.2 Å². The molecule has 5 rings (SSSR count). The molecule has 156 valence electrons. The van der Waals surface area contributed by atoms with Crippen molar-refractivity contribution in [2.24, 2.45) is 0 Å². The molecule has 0 saturated carbocycles. The van der Waals surface area contributed by atoms with E-state index in [1.54, 1.807) is 17.2 Å². The van der Waals surface area contributed by atoms with Crippen LogP contribution in [-0.4, -0.2) is 101 Å². The number of fused-ring (bicyclic) bond motifs is 1. The molecular weight excluding hydrogens is 374 g/mol. The summed E-state index contributed by atoms with van der Waals surface area (Å²) in [5, 5.41) is 5.35. The summed E-state index contributed by atoms with van der Waals surface area (Å²) in [4.78, 5) is 28.2. The van der Waals surface area contributed by atoms with E-state index in [-0.39, 0.29) is 12.5 Å². The number of rotatable bonds is 3. The van der Waals surface area contributed by atoms with E-state index in [2.05, 4.69) is 31.9 Å². The molecule has 0 N–H and O–H groups in total. The number of carbonyl (C=O) groups excluding carboxylic acids is 1. The second kappa shape index (κ2) is 7.51. The number of likely N-dealkylation sites (tertiary alicyclic amines) is 1. The first-order chi connectivity index (χ1) is 14.1. The summed E-state index contributed by atoms with van der Waals surface area (Å²) < 4.78 is 13.2. The number of anilines is 1. The predicted molar refractivity (Wildman–Crippen MR) is 105 cm³/mol. The zero-order valence-electron chi connectivity index (χ0n) is 16.8. The second-order valence-corrected chi connectivity index (χ2v) is 8.02. The number of amides is 1. The summed E-state index contributed by atoms with van der Waals surface area (Å²) in [6, 6.07) is 0.